The average molecular weight is 287 g/mol. The first-order valence-electron chi connectivity index (χ1n) is 6.69. The van der Waals surface area contributed by atoms with Crippen LogP contribution in [0.15, 0.2) is 48.5 Å². The van der Waals surface area contributed by atoms with Gasteiger partial charge in [-0.05, 0) is 31.8 Å². The number of benzene rings is 1. The maximum absolute atomic E-state index is 13.1. The molecule has 0 saturated carbocycles. The molecule has 2 aromatic rings. The average Bonchev–Trinajstić information content (AvgIpc) is 2.47. The molecule has 1 aromatic carbocycles. The van der Waals surface area contributed by atoms with E-state index in [0.29, 0.717) is 6.54 Å². The van der Waals surface area contributed by atoms with Crippen molar-refractivity contribution in [2.24, 2.45) is 0 Å². The topological polar surface area (TPSA) is 45.2 Å². The molecule has 0 spiro atoms. The van der Waals surface area contributed by atoms with Gasteiger partial charge in [0.05, 0.1) is 6.04 Å². The molecule has 5 heteroatoms. The fraction of sp³-hybridized carbons (Fsp3) is 0.250. The van der Waals surface area contributed by atoms with Crippen LogP contribution in [0.2, 0.25) is 0 Å². The minimum atomic E-state index is -0.661. The molecule has 1 amide bonds. The van der Waals surface area contributed by atoms with Gasteiger partial charge in [-0.15, -0.1) is 0 Å². The van der Waals surface area contributed by atoms with Gasteiger partial charge in [-0.3, -0.25) is 4.79 Å². The fourth-order valence-electron chi connectivity index (χ4n) is 2.05. The summed E-state index contributed by atoms with van der Waals surface area (Å²) in [5, 5.41) is 2.90. The van der Waals surface area contributed by atoms with Crippen molar-refractivity contribution in [3.05, 3.63) is 65.7 Å². The van der Waals surface area contributed by atoms with Gasteiger partial charge in [0.15, 0.2) is 0 Å². The third-order valence-electron chi connectivity index (χ3n) is 3.00. The highest BCUT2D eigenvalue weighted by Crippen LogP contribution is 2.14. The molecule has 0 aliphatic carbocycles. The van der Waals surface area contributed by atoms with E-state index in [2.05, 4.69) is 10.3 Å². The summed E-state index contributed by atoms with van der Waals surface area (Å²) in [6.07, 6.45) is 0. The van der Waals surface area contributed by atoms with E-state index in [0.717, 1.165) is 5.56 Å². The predicted molar refractivity (Wildman–Crippen MR) is 79.4 cm³/mol. The second-order valence-corrected chi connectivity index (χ2v) is 5.04. The molecule has 1 atom stereocenters. The van der Waals surface area contributed by atoms with E-state index < -0.39 is 5.95 Å². The molecule has 0 bridgehead atoms. The van der Waals surface area contributed by atoms with E-state index in [1.165, 1.54) is 18.2 Å². The summed E-state index contributed by atoms with van der Waals surface area (Å²) >= 11 is 0. The Morgan fingerprint density at radius 1 is 1.19 bits per heavy atom. The van der Waals surface area contributed by atoms with Crippen molar-refractivity contribution in [3.63, 3.8) is 0 Å². The SMILES string of the molecule is CN(C)CC(NC(=O)c1cccc(F)n1)c1ccccc1. The van der Waals surface area contributed by atoms with Crippen LogP contribution in [0, 0.1) is 5.95 Å². The molecule has 0 aliphatic heterocycles. The zero-order chi connectivity index (χ0) is 15.2. The molecule has 21 heavy (non-hydrogen) atoms. The fourth-order valence-corrected chi connectivity index (χ4v) is 2.05. The lowest BCUT2D eigenvalue weighted by Gasteiger charge is -2.22. The Morgan fingerprint density at radius 3 is 2.52 bits per heavy atom. The second-order valence-electron chi connectivity index (χ2n) is 5.04. The number of carbonyl (C=O) groups is 1. The number of halogens is 1. The molecule has 110 valence electrons. The van der Waals surface area contributed by atoms with Gasteiger partial charge in [-0.1, -0.05) is 36.4 Å². The number of nitrogens with one attached hydrogen (secondary N) is 1. The maximum Gasteiger partial charge on any atom is 0.270 e. The Morgan fingerprint density at radius 2 is 1.90 bits per heavy atom. The van der Waals surface area contributed by atoms with Gasteiger partial charge < -0.3 is 10.2 Å². The monoisotopic (exact) mass is 287 g/mol. The zero-order valence-corrected chi connectivity index (χ0v) is 12.1. The first kappa shape index (κ1) is 15.1. The number of pyridine rings is 1. The van der Waals surface area contributed by atoms with Crippen molar-refractivity contribution < 1.29 is 9.18 Å². The van der Waals surface area contributed by atoms with Crippen molar-refractivity contribution in [3.8, 4) is 0 Å². The van der Waals surface area contributed by atoms with E-state index in [1.54, 1.807) is 0 Å². The van der Waals surface area contributed by atoms with Crippen molar-refractivity contribution in [2.75, 3.05) is 20.6 Å². The van der Waals surface area contributed by atoms with Crippen LogP contribution < -0.4 is 5.32 Å². The number of hydrogen-bond acceptors (Lipinski definition) is 3. The summed E-state index contributed by atoms with van der Waals surface area (Å²) in [5.74, 6) is -1.04. The highest BCUT2D eigenvalue weighted by atomic mass is 19.1. The summed E-state index contributed by atoms with van der Waals surface area (Å²) in [7, 11) is 3.87. The van der Waals surface area contributed by atoms with Gasteiger partial charge in [0.25, 0.3) is 5.91 Å². The number of rotatable bonds is 5. The Kier molecular flexibility index (Phi) is 5.00. The zero-order valence-electron chi connectivity index (χ0n) is 12.1. The Labute approximate surface area is 123 Å². The molecule has 1 aromatic heterocycles. The molecule has 0 aliphatic rings. The van der Waals surface area contributed by atoms with Crippen molar-refractivity contribution in [2.45, 2.75) is 6.04 Å². The van der Waals surface area contributed by atoms with Crippen LogP contribution in [0.1, 0.15) is 22.1 Å². The first-order valence-corrected chi connectivity index (χ1v) is 6.69. The Hall–Kier alpha value is -2.27. The van der Waals surface area contributed by atoms with Crippen molar-refractivity contribution >= 4 is 5.91 Å². The third-order valence-corrected chi connectivity index (χ3v) is 3.00. The molecule has 1 N–H and O–H groups in total. The number of nitrogens with zero attached hydrogens (tertiary/aromatic N) is 2. The highest BCUT2D eigenvalue weighted by molar-refractivity contribution is 5.92. The standard InChI is InChI=1S/C16H18FN3O/c1-20(2)11-14(12-7-4-3-5-8-12)19-16(21)13-9-6-10-15(17)18-13/h3-10,14H,11H2,1-2H3,(H,19,21). The van der Waals surface area contributed by atoms with E-state index in [1.807, 2.05) is 49.3 Å². The minimum Gasteiger partial charge on any atom is -0.343 e. The summed E-state index contributed by atoms with van der Waals surface area (Å²) in [5.41, 5.74) is 1.07. The molecule has 1 heterocycles. The quantitative estimate of drug-likeness (QED) is 0.858. The smallest absolute Gasteiger partial charge is 0.270 e. The Bertz CT molecular complexity index is 601. The van der Waals surface area contributed by atoms with Crippen LogP contribution in [0.5, 0.6) is 0 Å². The molecule has 2 rings (SSSR count). The molecule has 0 fully saturated rings. The first-order chi connectivity index (χ1) is 10.1. The van der Waals surface area contributed by atoms with Crippen LogP contribution in [0.25, 0.3) is 0 Å². The van der Waals surface area contributed by atoms with Gasteiger partial charge in [0.2, 0.25) is 5.95 Å². The normalized spacial score (nSPS) is 12.2. The number of likely N-dealkylation sites (N-methyl/N-ethyl adjacent to an activating group) is 1. The highest BCUT2D eigenvalue weighted by Gasteiger charge is 2.17. The molecule has 1 unspecified atom stereocenters. The van der Waals surface area contributed by atoms with Gasteiger partial charge in [-0.25, -0.2) is 4.98 Å². The molecule has 4 nitrogen and oxygen atoms in total. The number of amides is 1. The Balaban J connectivity index is 2.17. The summed E-state index contributed by atoms with van der Waals surface area (Å²) in [4.78, 5) is 17.8. The maximum atomic E-state index is 13.1. The van der Waals surface area contributed by atoms with Crippen LogP contribution in [-0.4, -0.2) is 36.4 Å². The van der Waals surface area contributed by atoms with E-state index in [4.69, 9.17) is 0 Å². The van der Waals surface area contributed by atoms with Crippen LogP contribution in [0.3, 0.4) is 0 Å². The molecule has 0 radical (unpaired) electrons. The summed E-state index contributed by atoms with van der Waals surface area (Å²) in [6.45, 7) is 0.644. The third kappa shape index (κ3) is 4.36. The lowest BCUT2D eigenvalue weighted by Crippen LogP contribution is -2.35. The molecule has 0 saturated heterocycles. The predicted octanol–water partition coefficient (Wildman–Crippen LogP) is 2.25. The lowest BCUT2D eigenvalue weighted by molar-refractivity contribution is 0.0923. The summed E-state index contributed by atoms with van der Waals surface area (Å²) in [6, 6.07) is 13.7. The second kappa shape index (κ2) is 6.95. The van der Waals surface area contributed by atoms with Crippen LogP contribution in [0.4, 0.5) is 4.39 Å². The van der Waals surface area contributed by atoms with E-state index >= 15 is 0 Å². The van der Waals surface area contributed by atoms with Gasteiger partial charge in [0, 0.05) is 6.54 Å². The van der Waals surface area contributed by atoms with E-state index in [-0.39, 0.29) is 17.6 Å². The number of hydrogen-bond donors (Lipinski definition) is 1. The van der Waals surface area contributed by atoms with Gasteiger partial charge >= 0.3 is 0 Å². The van der Waals surface area contributed by atoms with Crippen molar-refractivity contribution in [1.82, 2.24) is 15.2 Å². The van der Waals surface area contributed by atoms with Crippen LogP contribution >= 0.6 is 0 Å². The van der Waals surface area contributed by atoms with Crippen molar-refractivity contribution in [1.29, 1.82) is 0 Å². The largest absolute Gasteiger partial charge is 0.343 e. The molecular weight excluding hydrogens is 269 g/mol. The van der Waals surface area contributed by atoms with E-state index in [9.17, 15) is 9.18 Å². The number of aromatic nitrogens is 1. The summed E-state index contributed by atoms with van der Waals surface area (Å²) < 4.78 is 13.1. The lowest BCUT2D eigenvalue weighted by atomic mass is 10.1. The minimum absolute atomic E-state index is 0.0784. The molecular formula is C16H18FN3O. The van der Waals surface area contributed by atoms with Gasteiger partial charge in [0.1, 0.15) is 5.69 Å². The van der Waals surface area contributed by atoms with Crippen LogP contribution in [-0.2, 0) is 0 Å². The van der Waals surface area contributed by atoms with Gasteiger partial charge in [-0.2, -0.15) is 4.39 Å². The number of carbonyl (C=O) groups excluding carboxylic acids is 1.